The molecule has 3 nitrogen and oxygen atoms in total. The summed E-state index contributed by atoms with van der Waals surface area (Å²) < 4.78 is 5.48. The van der Waals surface area contributed by atoms with Crippen molar-refractivity contribution in [2.45, 2.75) is 38.3 Å². The fourth-order valence-electron chi connectivity index (χ4n) is 3.44. The minimum atomic E-state index is 0.292. The van der Waals surface area contributed by atoms with E-state index in [2.05, 4.69) is 35.2 Å². The van der Waals surface area contributed by atoms with Crippen molar-refractivity contribution in [1.82, 2.24) is 4.90 Å². The van der Waals surface area contributed by atoms with E-state index in [1.54, 1.807) is 0 Å². The maximum Gasteiger partial charge on any atom is 0.0589 e. The molecular formula is C18H27NO2. The summed E-state index contributed by atoms with van der Waals surface area (Å²) in [5.41, 5.74) is 1.35. The summed E-state index contributed by atoms with van der Waals surface area (Å²) in [6.45, 7) is 4.15. The van der Waals surface area contributed by atoms with Crippen LogP contribution in [0.15, 0.2) is 30.3 Å². The van der Waals surface area contributed by atoms with Crippen LogP contribution in [0.1, 0.15) is 31.2 Å². The lowest BCUT2D eigenvalue weighted by Crippen LogP contribution is -2.43. The van der Waals surface area contributed by atoms with E-state index in [0.29, 0.717) is 18.6 Å². The van der Waals surface area contributed by atoms with E-state index in [0.717, 1.165) is 45.1 Å². The zero-order chi connectivity index (χ0) is 14.5. The van der Waals surface area contributed by atoms with Gasteiger partial charge in [0.15, 0.2) is 0 Å². The fourth-order valence-corrected chi connectivity index (χ4v) is 3.44. The van der Waals surface area contributed by atoms with E-state index < -0.39 is 0 Å². The highest BCUT2D eigenvalue weighted by atomic mass is 16.5. The van der Waals surface area contributed by atoms with Gasteiger partial charge in [0.25, 0.3) is 0 Å². The molecule has 3 rings (SSSR count). The molecule has 0 spiro atoms. The molecule has 1 saturated heterocycles. The molecule has 1 aliphatic heterocycles. The normalized spacial score (nSPS) is 21.6. The Morgan fingerprint density at radius 2 is 1.81 bits per heavy atom. The zero-order valence-corrected chi connectivity index (χ0v) is 12.8. The number of rotatable bonds is 7. The van der Waals surface area contributed by atoms with Gasteiger partial charge in [-0.1, -0.05) is 30.3 Å². The summed E-state index contributed by atoms with van der Waals surface area (Å²) in [5, 5.41) is 9.85. The van der Waals surface area contributed by atoms with Crippen LogP contribution < -0.4 is 0 Å². The zero-order valence-electron chi connectivity index (χ0n) is 12.8. The van der Waals surface area contributed by atoms with E-state index in [1.165, 1.54) is 18.4 Å². The van der Waals surface area contributed by atoms with E-state index in [9.17, 15) is 5.11 Å². The second kappa shape index (κ2) is 7.39. The molecule has 1 heterocycles. The molecule has 2 fully saturated rings. The number of nitrogens with zero attached hydrogens (tertiary/aromatic N) is 1. The van der Waals surface area contributed by atoms with Crippen molar-refractivity contribution in [2.75, 3.05) is 26.4 Å². The maximum absolute atomic E-state index is 9.85. The predicted octanol–water partition coefficient (Wildman–Crippen LogP) is 2.69. The number of hydrogen-bond acceptors (Lipinski definition) is 3. The molecule has 0 radical (unpaired) electrons. The minimum absolute atomic E-state index is 0.292. The van der Waals surface area contributed by atoms with Crippen molar-refractivity contribution in [3.05, 3.63) is 35.9 Å². The molecule has 0 amide bonds. The molecule has 1 aliphatic carbocycles. The van der Waals surface area contributed by atoms with Crippen LogP contribution in [0.25, 0.3) is 0 Å². The Hall–Kier alpha value is -0.900. The van der Waals surface area contributed by atoms with Crippen molar-refractivity contribution in [3.63, 3.8) is 0 Å². The summed E-state index contributed by atoms with van der Waals surface area (Å²) in [5.74, 6) is 1.42. The predicted molar refractivity (Wildman–Crippen MR) is 84.0 cm³/mol. The van der Waals surface area contributed by atoms with E-state index >= 15 is 0 Å². The summed E-state index contributed by atoms with van der Waals surface area (Å²) in [6.07, 6.45) is 4.89. The van der Waals surface area contributed by atoms with E-state index in [-0.39, 0.29) is 0 Å². The highest BCUT2D eigenvalue weighted by molar-refractivity contribution is 5.14. The molecule has 1 N–H and O–H groups in total. The molecular weight excluding hydrogens is 262 g/mol. The lowest BCUT2D eigenvalue weighted by Gasteiger charge is -2.35. The second-order valence-corrected chi connectivity index (χ2v) is 6.56. The van der Waals surface area contributed by atoms with Crippen LogP contribution in [0.4, 0.5) is 0 Å². The number of hydrogen-bond donors (Lipinski definition) is 1. The summed E-state index contributed by atoms with van der Waals surface area (Å²) in [6, 6.07) is 11.0. The molecule has 21 heavy (non-hydrogen) atoms. The molecule has 1 unspecified atom stereocenters. The Kier molecular flexibility index (Phi) is 5.28. The number of ether oxygens (including phenoxy) is 1. The standard InChI is InChI=1S/C18H27NO2/c20-14-18(17-6-7-17)19(12-15-4-2-1-3-5-15)13-16-8-10-21-11-9-16/h1-5,16-18,20H,6-14H2. The highest BCUT2D eigenvalue weighted by Crippen LogP contribution is 2.36. The molecule has 116 valence electrons. The average Bonchev–Trinajstić information content (AvgIpc) is 3.35. The first kappa shape index (κ1) is 15.0. The monoisotopic (exact) mass is 289 g/mol. The van der Waals surface area contributed by atoms with Gasteiger partial charge in [0.05, 0.1) is 6.61 Å². The number of aliphatic hydroxyl groups excluding tert-OH is 1. The minimum Gasteiger partial charge on any atom is -0.395 e. The van der Waals surface area contributed by atoms with Gasteiger partial charge in [-0.05, 0) is 43.1 Å². The smallest absolute Gasteiger partial charge is 0.0589 e. The van der Waals surface area contributed by atoms with Gasteiger partial charge < -0.3 is 9.84 Å². The van der Waals surface area contributed by atoms with Gasteiger partial charge in [0.2, 0.25) is 0 Å². The van der Waals surface area contributed by atoms with Crippen molar-refractivity contribution in [1.29, 1.82) is 0 Å². The van der Waals surface area contributed by atoms with Crippen LogP contribution >= 0.6 is 0 Å². The van der Waals surface area contributed by atoms with Gasteiger partial charge in [-0.25, -0.2) is 0 Å². The summed E-state index contributed by atoms with van der Waals surface area (Å²) in [7, 11) is 0. The van der Waals surface area contributed by atoms with Crippen molar-refractivity contribution < 1.29 is 9.84 Å². The molecule has 3 heteroatoms. The summed E-state index contributed by atoms with van der Waals surface area (Å²) >= 11 is 0. The highest BCUT2D eigenvalue weighted by Gasteiger charge is 2.35. The van der Waals surface area contributed by atoms with Gasteiger partial charge in [-0.15, -0.1) is 0 Å². The third kappa shape index (κ3) is 4.29. The van der Waals surface area contributed by atoms with Crippen LogP contribution in [0, 0.1) is 11.8 Å². The Labute approximate surface area is 127 Å². The molecule has 1 aromatic rings. The van der Waals surface area contributed by atoms with Gasteiger partial charge in [-0.3, -0.25) is 4.90 Å². The van der Waals surface area contributed by atoms with Crippen molar-refractivity contribution >= 4 is 0 Å². The van der Waals surface area contributed by atoms with Crippen LogP contribution in [0.2, 0.25) is 0 Å². The molecule has 1 saturated carbocycles. The third-order valence-electron chi connectivity index (χ3n) is 4.88. The fraction of sp³-hybridized carbons (Fsp3) is 0.667. The molecule has 0 aromatic heterocycles. The SMILES string of the molecule is OCC(C1CC1)N(Cc1ccccc1)CC1CCOCC1. The first-order chi connectivity index (χ1) is 10.4. The second-order valence-electron chi connectivity index (χ2n) is 6.56. The third-order valence-corrected chi connectivity index (χ3v) is 4.88. The van der Waals surface area contributed by atoms with Crippen LogP contribution in [0.5, 0.6) is 0 Å². The number of benzene rings is 1. The van der Waals surface area contributed by atoms with Crippen molar-refractivity contribution in [2.24, 2.45) is 11.8 Å². The van der Waals surface area contributed by atoms with Gasteiger partial charge >= 0.3 is 0 Å². The maximum atomic E-state index is 9.85. The Balaban J connectivity index is 1.66. The topological polar surface area (TPSA) is 32.7 Å². The molecule has 2 aliphatic rings. The van der Waals surface area contributed by atoms with Crippen molar-refractivity contribution in [3.8, 4) is 0 Å². The van der Waals surface area contributed by atoms with Gasteiger partial charge in [-0.2, -0.15) is 0 Å². The lowest BCUT2D eigenvalue weighted by molar-refractivity contribution is 0.0305. The van der Waals surface area contributed by atoms with Gasteiger partial charge in [0.1, 0.15) is 0 Å². The summed E-state index contributed by atoms with van der Waals surface area (Å²) in [4.78, 5) is 2.53. The first-order valence-corrected chi connectivity index (χ1v) is 8.33. The quantitative estimate of drug-likeness (QED) is 0.837. The lowest BCUT2D eigenvalue weighted by atomic mass is 9.97. The molecule has 0 bridgehead atoms. The Bertz CT molecular complexity index is 412. The van der Waals surface area contributed by atoms with Crippen LogP contribution in [-0.4, -0.2) is 42.4 Å². The Morgan fingerprint density at radius 3 is 2.43 bits per heavy atom. The average molecular weight is 289 g/mol. The van der Waals surface area contributed by atoms with Crippen LogP contribution in [0.3, 0.4) is 0 Å². The Morgan fingerprint density at radius 1 is 1.10 bits per heavy atom. The molecule has 1 aromatic carbocycles. The van der Waals surface area contributed by atoms with E-state index in [1.807, 2.05) is 0 Å². The van der Waals surface area contributed by atoms with Crippen LogP contribution in [-0.2, 0) is 11.3 Å². The number of aliphatic hydroxyl groups is 1. The largest absolute Gasteiger partial charge is 0.395 e. The van der Waals surface area contributed by atoms with E-state index in [4.69, 9.17) is 4.74 Å². The molecule has 1 atom stereocenters. The first-order valence-electron chi connectivity index (χ1n) is 8.33. The van der Waals surface area contributed by atoms with Gasteiger partial charge in [0, 0.05) is 32.3 Å².